The highest BCUT2D eigenvalue weighted by molar-refractivity contribution is 7.99. The summed E-state index contributed by atoms with van der Waals surface area (Å²) in [6.07, 6.45) is 1.66. The lowest BCUT2D eigenvalue weighted by molar-refractivity contribution is -0.113. The molecule has 2 N–H and O–H groups in total. The fourth-order valence-electron chi connectivity index (χ4n) is 2.47. The van der Waals surface area contributed by atoms with E-state index in [1.165, 1.54) is 41.3 Å². The van der Waals surface area contributed by atoms with E-state index < -0.39 is 11.7 Å². The largest absolute Gasteiger partial charge is 0.345 e. The third-order valence-corrected chi connectivity index (χ3v) is 5.67. The number of allylic oxidation sites excluding steroid dienone is 1. The van der Waals surface area contributed by atoms with Crippen molar-refractivity contribution < 1.29 is 14.0 Å². The normalized spacial score (nSPS) is 10.6. The average Bonchev–Trinajstić information content (AvgIpc) is 3.31. The van der Waals surface area contributed by atoms with Crippen LogP contribution >= 0.6 is 23.1 Å². The predicted molar refractivity (Wildman–Crippen MR) is 114 cm³/mol. The van der Waals surface area contributed by atoms with Crippen LogP contribution in [0, 0.1) is 12.7 Å². The Labute approximate surface area is 180 Å². The second-order valence-electron chi connectivity index (χ2n) is 6.09. The van der Waals surface area contributed by atoms with Crippen molar-refractivity contribution in [3.8, 4) is 0 Å². The molecule has 1 aromatic carbocycles. The van der Waals surface area contributed by atoms with Gasteiger partial charge in [-0.1, -0.05) is 30.0 Å². The minimum absolute atomic E-state index is 0.0454. The Morgan fingerprint density at radius 2 is 2.13 bits per heavy atom. The summed E-state index contributed by atoms with van der Waals surface area (Å²) in [5.74, 6) is -0.765. The number of anilines is 1. The molecular formula is C19H19FN6O2S2. The zero-order valence-electron chi connectivity index (χ0n) is 16.1. The molecule has 2 aromatic heterocycles. The maximum absolute atomic E-state index is 13.8. The SMILES string of the molecule is C=CCn1c(CNC(=O)c2ccccc2F)nnc1SCC(=O)Nc1nc(C)cs1. The van der Waals surface area contributed by atoms with E-state index in [0.29, 0.717) is 22.7 Å². The van der Waals surface area contributed by atoms with Crippen LogP contribution in [0.2, 0.25) is 0 Å². The van der Waals surface area contributed by atoms with Gasteiger partial charge in [-0.2, -0.15) is 0 Å². The Bertz CT molecular complexity index is 1060. The van der Waals surface area contributed by atoms with Crippen molar-refractivity contribution in [1.82, 2.24) is 25.1 Å². The molecule has 0 saturated carbocycles. The molecule has 0 fully saturated rings. The van der Waals surface area contributed by atoms with Crippen LogP contribution in [0.4, 0.5) is 9.52 Å². The molecule has 0 unspecified atom stereocenters. The number of amides is 2. The predicted octanol–water partition coefficient (Wildman–Crippen LogP) is 3.03. The van der Waals surface area contributed by atoms with E-state index in [1.54, 1.807) is 16.7 Å². The molecule has 0 aliphatic carbocycles. The average molecular weight is 447 g/mol. The molecular weight excluding hydrogens is 427 g/mol. The van der Waals surface area contributed by atoms with Crippen LogP contribution in [0.25, 0.3) is 0 Å². The van der Waals surface area contributed by atoms with Crippen LogP contribution in [0.3, 0.4) is 0 Å². The number of hydrogen-bond donors (Lipinski definition) is 2. The lowest BCUT2D eigenvalue weighted by atomic mass is 10.2. The Morgan fingerprint density at radius 1 is 1.33 bits per heavy atom. The van der Waals surface area contributed by atoms with Gasteiger partial charge in [-0.05, 0) is 19.1 Å². The molecule has 0 spiro atoms. The number of thioether (sulfide) groups is 1. The number of aromatic nitrogens is 4. The molecule has 30 heavy (non-hydrogen) atoms. The first-order valence-corrected chi connectivity index (χ1v) is 10.7. The number of thiazole rings is 1. The van der Waals surface area contributed by atoms with Crippen molar-refractivity contribution >= 4 is 40.0 Å². The minimum atomic E-state index is -0.597. The van der Waals surface area contributed by atoms with Gasteiger partial charge in [-0.25, -0.2) is 9.37 Å². The molecule has 0 aliphatic heterocycles. The van der Waals surface area contributed by atoms with Gasteiger partial charge in [0.15, 0.2) is 16.1 Å². The lowest BCUT2D eigenvalue weighted by Gasteiger charge is -2.09. The van der Waals surface area contributed by atoms with Gasteiger partial charge in [0.2, 0.25) is 5.91 Å². The highest BCUT2D eigenvalue weighted by Gasteiger charge is 2.16. The van der Waals surface area contributed by atoms with Crippen LogP contribution in [0.1, 0.15) is 21.9 Å². The molecule has 2 heterocycles. The molecule has 0 radical (unpaired) electrons. The molecule has 3 aromatic rings. The summed E-state index contributed by atoms with van der Waals surface area (Å²) < 4.78 is 15.5. The summed E-state index contributed by atoms with van der Waals surface area (Å²) in [5, 5.41) is 16.5. The van der Waals surface area contributed by atoms with Crippen molar-refractivity contribution in [2.24, 2.45) is 0 Å². The second-order valence-corrected chi connectivity index (χ2v) is 7.89. The molecule has 8 nitrogen and oxygen atoms in total. The highest BCUT2D eigenvalue weighted by atomic mass is 32.2. The van der Waals surface area contributed by atoms with Gasteiger partial charge < -0.3 is 15.2 Å². The van der Waals surface area contributed by atoms with Gasteiger partial charge in [0.05, 0.1) is 23.6 Å². The zero-order chi connectivity index (χ0) is 21.5. The summed E-state index contributed by atoms with van der Waals surface area (Å²) in [6, 6.07) is 5.73. The maximum Gasteiger partial charge on any atom is 0.254 e. The van der Waals surface area contributed by atoms with Gasteiger partial charge in [0.25, 0.3) is 5.91 Å². The second kappa shape index (κ2) is 10.1. The topological polar surface area (TPSA) is 102 Å². The zero-order valence-corrected chi connectivity index (χ0v) is 17.7. The third kappa shape index (κ3) is 5.51. The van der Waals surface area contributed by atoms with E-state index in [4.69, 9.17) is 0 Å². The number of nitrogens with one attached hydrogen (secondary N) is 2. The molecule has 11 heteroatoms. The molecule has 3 rings (SSSR count). The number of nitrogens with zero attached hydrogens (tertiary/aromatic N) is 4. The van der Waals surface area contributed by atoms with E-state index in [1.807, 2.05) is 12.3 Å². The van der Waals surface area contributed by atoms with Crippen molar-refractivity contribution in [3.05, 3.63) is 65.2 Å². The van der Waals surface area contributed by atoms with Crippen LogP contribution in [-0.2, 0) is 17.9 Å². The molecule has 0 bridgehead atoms. The minimum Gasteiger partial charge on any atom is -0.345 e. The van der Waals surface area contributed by atoms with E-state index in [9.17, 15) is 14.0 Å². The Balaban J connectivity index is 1.61. The first kappa shape index (κ1) is 21.7. The van der Waals surface area contributed by atoms with Gasteiger partial charge in [0.1, 0.15) is 5.82 Å². The highest BCUT2D eigenvalue weighted by Crippen LogP contribution is 2.19. The summed E-state index contributed by atoms with van der Waals surface area (Å²) in [4.78, 5) is 28.5. The van der Waals surface area contributed by atoms with Gasteiger partial charge >= 0.3 is 0 Å². The van der Waals surface area contributed by atoms with Crippen molar-refractivity contribution in [2.75, 3.05) is 11.1 Å². The molecule has 2 amide bonds. The van der Waals surface area contributed by atoms with E-state index >= 15 is 0 Å². The van der Waals surface area contributed by atoms with E-state index in [2.05, 4.69) is 32.4 Å². The first-order chi connectivity index (χ1) is 14.5. The maximum atomic E-state index is 13.8. The number of benzene rings is 1. The van der Waals surface area contributed by atoms with Gasteiger partial charge in [-0.15, -0.1) is 28.1 Å². The number of carbonyl (C=O) groups excluding carboxylic acids is 2. The van der Waals surface area contributed by atoms with Gasteiger partial charge in [-0.3, -0.25) is 9.59 Å². The van der Waals surface area contributed by atoms with Crippen LogP contribution in [0.5, 0.6) is 0 Å². The number of hydrogen-bond acceptors (Lipinski definition) is 7. The van der Waals surface area contributed by atoms with Crippen LogP contribution in [-0.4, -0.2) is 37.3 Å². The van der Waals surface area contributed by atoms with E-state index in [-0.39, 0.29) is 23.8 Å². The summed E-state index contributed by atoms with van der Waals surface area (Å²) in [5.41, 5.74) is 0.798. The van der Waals surface area contributed by atoms with E-state index in [0.717, 1.165) is 5.69 Å². The van der Waals surface area contributed by atoms with Crippen molar-refractivity contribution in [1.29, 1.82) is 0 Å². The molecule has 0 aliphatic rings. The number of halogens is 1. The summed E-state index contributed by atoms with van der Waals surface area (Å²) >= 11 is 2.57. The van der Waals surface area contributed by atoms with Crippen molar-refractivity contribution in [3.63, 3.8) is 0 Å². The standard InChI is InChI=1S/C19H19FN6O2S2/c1-3-8-26-15(9-21-17(28)13-6-4-5-7-14(13)20)24-25-19(26)30-11-16(27)23-18-22-12(2)10-29-18/h3-7,10H,1,8-9,11H2,2H3,(H,21,28)(H,22,23,27). The van der Waals surface area contributed by atoms with Gasteiger partial charge in [0, 0.05) is 11.9 Å². The number of rotatable bonds is 9. The number of aryl methyl sites for hydroxylation is 1. The van der Waals surface area contributed by atoms with Crippen LogP contribution in [0.15, 0.2) is 47.5 Å². The summed E-state index contributed by atoms with van der Waals surface area (Å²) in [6.45, 7) is 6.02. The number of carbonyl (C=O) groups is 2. The Morgan fingerprint density at radius 3 is 2.83 bits per heavy atom. The monoisotopic (exact) mass is 446 g/mol. The molecule has 156 valence electrons. The Hall–Kier alpha value is -3.05. The third-order valence-electron chi connectivity index (χ3n) is 3.83. The van der Waals surface area contributed by atoms with Crippen LogP contribution < -0.4 is 10.6 Å². The smallest absolute Gasteiger partial charge is 0.254 e. The van der Waals surface area contributed by atoms with Crippen molar-refractivity contribution in [2.45, 2.75) is 25.2 Å². The lowest BCUT2D eigenvalue weighted by Crippen LogP contribution is -2.25. The fraction of sp³-hybridized carbons (Fsp3) is 0.211. The molecule has 0 atom stereocenters. The first-order valence-electron chi connectivity index (χ1n) is 8.88. The quantitative estimate of drug-likeness (QED) is 0.387. The fourth-order valence-corrected chi connectivity index (χ4v) is 3.94. The summed E-state index contributed by atoms with van der Waals surface area (Å²) in [7, 11) is 0. The molecule has 0 saturated heterocycles. The Kier molecular flexibility index (Phi) is 7.31.